The number of aliphatic hydroxyl groups excluding tert-OH is 1. The Bertz CT molecular complexity index is 1720. The Morgan fingerprint density at radius 1 is 1.00 bits per heavy atom. The Morgan fingerprint density at radius 3 is 2.44 bits per heavy atom. The van der Waals surface area contributed by atoms with Gasteiger partial charge in [-0.2, -0.15) is 0 Å². The van der Waals surface area contributed by atoms with Gasteiger partial charge in [-0.25, -0.2) is 0 Å². The van der Waals surface area contributed by atoms with Gasteiger partial charge in [-0.1, -0.05) is 61.5 Å². The summed E-state index contributed by atoms with van der Waals surface area (Å²) in [6.45, 7) is 6.51. The second-order valence-corrected chi connectivity index (χ2v) is 14.5. The molecular formula is C39H45N3O6. The van der Waals surface area contributed by atoms with Gasteiger partial charge in [0.1, 0.15) is 0 Å². The van der Waals surface area contributed by atoms with Gasteiger partial charge in [0.2, 0.25) is 11.8 Å². The summed E-state index contributed by atoms with van der Waals surface area (Å²) in [5.74, 6) is -1.45. The summed E-state index contributed by atoms with van der Waals surface area (Å²) in [7, 11) is 0. The maximum atomic E-state index is 14.9. The molecule has 9 heteroatoms. The molecule has 2 N–H and O–H groups in total. The fourth-order valence-electron chi connectivity index (χ4n) is 8.77. The first-order valence-electron chi connectivity index (χ1n) is 17.2. The lowest BCUT2D eigenvalue weighted by Crippen LogP contribution is -2.48. The molecule has 2 saturated heterocycles. The zero-order chi connectivity index (χ0) is 33.8. The first kappa shape index (κ1) is 32.5. The van der Waals surface area contributed by atoms with Crippen molar-refractivity contribution in [3.63, 3.8) is 0 Å². The molecule has 0 aromatic heterocycles. The van der Waals surface area contributed by atoms with Crippen LogP contribution in [0.2, 0.25) is 0 Å². The third-order valence-corrected chi connectivity index (χ3v) is 11.0. The Labute approximate surface area is 282 Å². The van der Waals surface area contributed by atoms with Crippen molar-refractivity contribution >= 4 is 29.1 Å². The van der Waals surface area contributed by atoms with Crippen LogP contribution in [0.4, 0.5) is 11.4 Å². The molecule has 3 aromatic carbocycles. The molecule has 0 aliphatic carbocycles. The van der Waals surface area contributed by atoms with Crippen molar-refractivity contribution in [1.29, 1.82) is 0 Å². The highest BCUT2D eigenvalue weighted by molar-refractivity contribution is 6.08. The van der Waals surface area contributed by atoms with Gasteiger partial charge in [0, 0.05) is 42.6 Å². The fraction of sp³-hybridized carbons (Fsp3) is 0.462. The van der Waals surface area contributed by atoms with Gasteiger partial charge in [0.25, 0.3) is 5.91 Å². The van der Waals surface area contributed by atoms with E-state index in [0.29, 0.717) is 43.7 Å². The third-order valence-electron chi connectivity index (χ3n) is 11.0. The number of hydrogen-bond acceptors (Lipinski definition) is 6. The number of benzene rings is 3. The Kier molecular flexibility index (Phi) is 8.42. The molecule has 48 heavy (non-hydrogen) atoms. The van der Waals surface area contributed by atoms with Crippen LogP contribution in [-0.4, -0.2) is 63.7 Å². The largest absolute Gasteiger partial charge is 0.394 e. The third kappa shape index (κ3) is 5.42. The predicted molar refractivity (Wildman–Crippen MR) is 182 cm³/mol. The predicted octanol–water partition coefficient (Wildman–Crippen LogP) is 4.70. The smallest absolute Gasteiger partial charge is 0.264 e. The number of carbonyl (C=O) groups is 3. The number of amides is 3. The van der Waals surface area contributed by atoms with Crippen molar-refractivity contribution in [2.45, 2.75) is 89.3 Å². The molecule has 0 unspecified atom stereocenters. The van der Waals surface area contributed by atoms with Crippen LogP contribution in [0.25, 0.3) is 0 Å². The molecule has 252 valence electrons. The van der Waals surface area contributed by atoms with Crippen LogP contribution in [0.3, 0.4) is 0 Å². The number of nitrogens with zero attached hydrogens (tertiary/aromatic N) is 3. The van der Waals surface area contributed by atoms with Crippen LogP contribution in [0, 0.1) is 11.8 Å². The van der Waals surface area contributed by atoms with Crippen LogP contribution >= 0.6 is 0 Å². The Morgan fingerprint density at radius 2 is 1.73 bits per heavy atom. The minimum Gasteiger partial charge on any atom is -0.394 e. The summed E-state index contributed by atoms with van der Waals surface area (Å²) in [4.78, 5) is 47.3. The van der Waals surface area contributed by atoms with Crippen LogP contribution in [0.1, 0.15) is 68.7 Å². The molecule has 7 rings (SSSR count). The lowest BCUT2D eigenvalue weighted by atomic mass is 9.70. The van der Waals surface area contributed by atoms with Gasteiger partial charge in [0.15, 0.2) is 5.60 Å². The Hall–Kier alpha value is -4.05. The minimum absolute atomic E-state index is 0.0506. The highest BCUT2D eigenvalue weighted by atomic mass is 16.5. The van der Waals surface area contributed by atoms with E-state index in [4.69, 9.17) is 4.74 Å². The van der Waals surface area contributed by atoms with Gasteiger partial charge >= 0.3 is 0 Å². The second kappa shape index (κ2) is 12.4. The van der Waals surface area contributed by atoms with E-state index in [1.54, 1.807) is 28.5 Å². The van der Waals surface area contributed by atoms with E-state index in [1.165, 1.54) is 0 Å². The SMILES string of the molecule is C[C@@H]1[C@@H](C(C)(C)O)[C@H](CC(=O)N2Cc3ccccc3C[C@H]2CO)O[C@@]12C(=O)N(Cc1ccccc1)c1ccc(N3CCCCC3=O)cc12. The van der Waals surface area contributed by atoms with Gasteiger partial charge in [-0.15, -0.1) is 0 Å². The zero-order valence-corrected chi connectivity index (χ0v) is 28.0. The highest BCUT2D eigenvalue weighted by Gasteiger charge is 2.66. The van der Waals surface area contributed by atoms with Gasteiger partial charge < -0.3 is 29.6 Å². The first-order valence-corrected chi connectivity index (χ1v) is 17.2. The fourth-order valence-corrected chi connectivity index (χ4v) is 8.77. The molecule has 5 atom stereocenters. The van der Waals surface area contributed by atoms with Crippen molar-refractivity contribution in [2.75, 3.05) is 23.0 Å². The van der Waals surface area contributed by atoms with E-state index in [0.717, 1.165) is 35.2 Å². The summed E-state index contributed by atoms with van der Waals surface area (Å²) in [5.41, 5.74) is 2.46. The van der Waals surface area contributed by atoms with E-state index in [2.05, 4.69) is 0 Å². The number of rotatable bonds is 7. The molecule has 4 aliphatic rings. The molecule has 3 amide bonds. The summed E-state index contributed by atoms with van der Waals surface area (Å²) < 4.78 is 6.97. The molecule has 1 spiro atoms. The minimum atomic E-state index is -1.47. The van der Waals surface area contributed by atoms with Crippen LogP contribution in [0.15, 0.2) is 72.8 Å². The number of ether oxygens (including phenoxy) is 1. The molecule has 3 aromatic rings. The molecular weight excluding hydrogens is 606 g/mol. The molecule has 0 radical (unpaired) electrons. The lowest BCUT2D eigenvalue weighted by Gasteiger charge is -2.38. The second-order valence-electron chi connectivity index (χ2n) is 14.5. The van der Waals surface area contributed by atoms with E-state index in [9.17, 15) is 24.6 Å². The van der Waals surface area contributed by atoms with Gasteiger partial charge in [-0.3, -0.25) is 14.4 Å². The quantitative estimate of drug-likeness (QED) is 0.383. The average molecular weight is 652 g/mol. The van der Waals surface area contributed by atoms with Crippen molar-refractivity contribution in [1.82, 2.24) is 4.90 Å². The molecule has 4 aliphatic heterocycles. The standard InChI is InChI=1S/C39H45N3O6/c1-25-36(38(2,3)47)33(21-35(45)41-23-28-14-8-7-13-27(28)19-30(41)24-43)48-39(25)31-20-29(40-18-10-9-15-34(40)44)16-17-32(31)42(37(39)46)22-26-11-5-4-6-12-26/h4-8,11-14,16-17,20,25,30,33,36,43,47H,9-10,15,18-19,21-24H2,1-3H3/t25-,30+,33+,36-,39+/m1/s1. The van der Waals surface area contributed by atoms with Gasteiger partial charge in [-0.05, 0) is 68.0 Å². The van der Waals surface area contributed by atoms with E-state index in [1.807, 2.05) is 79.7 Å². The maximum absolute atomic E-state index is 14.9. The number of fused-ring (bicyclic) bond motifs is 3. The van der Waals surface area contributed by atoms with E-state index >= 15 is 0 Å². The summed E-state index contributed by atoms with van der Waals surface area (Å²) in [6.07, 6.45) is 1.96. The highest BCUT2D eigenvalue weighted by Crippen LogP contribution is 2.58. The summed E-state index contributed by atoms with van der Waals surface area (Å²) >= 11 is 0. The summed E-state index contributed by atoms with van der Waals surface area (Å²) in [6, 6.07) is 23.1. The van der Waals surface area contributed by atoms with Crippen molar-refractivity contribution in [2.24, 2.45) is 11.8 Å². The van der Waals surface area contributed by atoms with Crippen molar-refractivity contribution in [3.8, 4) is 0 Å². The van der Waals surface area contributed by atoms with Crippen molar-refractivity contribution < 1.29 is 29.3 Å². The average Bonchev–Trinajstić information content (AvgIpc) is 3.50. The van der Waals surface area contributed by atoms with E-state index < -0.39 is 29.1 Å². The topological polar surface area (TPSA) is 111 Å². The first-order chi connectivity index (χ1) is 23.0. The number of anilines is 2. The Balaban J connectivity index is 1.28. The maximum Gasteiger partial charge on any atom is 0.264 e. The zero-order valence-electron chi connectivity index (χ0n) is 28.0. The molecule has 0 bridgehead atoms. The molecule has 4 heterocycles. The normalized spacial score (nSPS) is 27.1. The van der Waals surface area contributed by atoms with Crippen LogP contribution in [-0.2, 0) is 44.2 Å². The van der Waals surface area contributed by atoms with Crippen LogP contribution < -0.4 is 9.80 Å². The van der Waals surface area contributed by atoms with Gasteiger partial charge in [0.05, 0.1) is 43.0 Å². The molecule has 9 nitrogen and oxygen atoms in total. The number of hydrogen-bond donors (Lipinski definition) is 2. The lowest BCUT2D eigenvalue weighted by molar-refractivity contribution is -0.151. The van der Waals surface area contributed by atoms with E-state index in [-0.39, 0.29) is 36.8 Å². The van der Waals surface area contributed by atoms with Crippen molar-refractivity contribution in [3.05, 3.63) is 95.1 Å². The number of aliphatic hydroxyl groups is 2. The number of piperidine rings is 1. The summed E-state index contributed by atoms with van der Waals surface area (Å²) in [5, 5.41) is 21.9. The van der Waals surface area contributed by atoms with Crippen LogP contribution in [0.5, 0.6) is 0 Å². The monoisotopic (exact) mass is 651 g/mol. The molecule has 2 fully saturated rings. The number of carbonyl (C=O) groups excluding carboxylic acids is 3. The molecule has 0 saturated carbocycles.